The summed E-state index contributed by atoms with van der Waals surface area (Å²) in [7, 11) is -3.72. The third-order valence-electron chi connectivity index (χ3n) is 4.52. The Morgan fingerprint density at radius 2 is 1.89 bits per heavy atom. The van der Waals surface area contributed by atoms with E-state index < -0.39 is 15.8 Å². The van der Waals surface area contributed by atoms with E-state index in [2.05, 4.69) is 15.0 Å². The number of hydrogen-bond acceptors (Lipinski definition) is 5. The highest BCUT2D eigenvalue weighted by molar-refractivity contribution is 7.93. The van der Waals surface area contributed by atoms with Crippen LogP contribution in [0.5, 0.6) is 0 Å². The first kappa shape index (κ1) is 18.6. The van der Waals surface area contributed by atoms with Crippen LogP contribution in [0.4, 0.5) is 9.52 Å². The second kappa shape index (κ2) is 7.33. The van der Waals surface area contributed by atoms with Gasteiger partial charge in [-0.3, -0.25) is 9.52 Å². The SMILES string of the molecule is O=C(NC1Cc2ccc(S(=O)(=O)Nc3nccs3)cc2C1)c1ccc(F)cc1.[HH]. The van der Waals surface area contributed by atoms with E-state index >= 15 is 0 Å². The number of amides is 1. The molecule has 28 heavy (non-hydrogen) atoms. The van der Waals surface area contributed by atoms with Crippen molar-refractivity contribution >= 4 is 32.4 Å². The van der Waals surface area contributed by atoms with Gasteiger partial charge in [0.1, 0.15) is 5.82 Å². The summed E-state index contributed by atoms with van der Waals surface area (Å²) in [4.78, 5) is 16.4. The van der Waals surface area contributed by atoms with Crippen LogP contribution in [0.3, 0.4) is 0 Å². The largest absolute Gasteiger partial charge is 0.349 e. The molecule has 0 spiro atoms. The molecule has 0 fully saturated rings. The molecule has 1 aliphatic rings. The number of aromatic nitrogens is 1. The number of carbonyl (C=O) groups excluding carboxylic acids is 1. The Balaban J connectivity index is 0.00000240. The van der Waals surface area contributed by atoms with Gasteiger partial charge in [-0.25, -0.2) is 17.8 Å². The normalized spacial score (nSPS) is 15.8. The minimum absolute atomic E-state index is 0. The van der Waals surface area contributed by atoms with E-state index in [0.717, 1.165) is 11.1 Å². The average molecular weight is 420 g/mol. The molecule has 1 aliphatic carbocycles. The summed E-state index contributed by atoms with van der Waals surface area (Å²) in [5.74, 6) is -0.680. The van der Waals surface area contributed by atoms with E-state index in [4.69, 9.17) is 0 Å². The number of nitrogens with one attached hydrogen (secondary N) is 2. The second-order valence-electron chi connectivity index (χ2n) is 6.46. The Labute approximate surface area is 167 Å². The number of carbonyl (C=O) groups is 1. The third kappa shape index (κ3) is 3.90. The summed E-state index contributed by atoms with van der Waals surface area (Å²) in [6, 6.07) is 10.2. The van der Waals surface area contributed by atoms with Crippen molar-refractivity contribution in [1.82, 2.24) is 10.3 Å². The molecule has 1 amide bonds. The zero-order valence-electron chi connectivity index (χ0n) is 14.6. The highest BCUT2D eigenvalue weighted by Gasteiger charge is 2.26. The summed E-state index contributed by atoms with van der Waals surface area (Å²) >= 11 is 1.20. The van der Waals surface area contributed by atoms with Gasteiger partial charge in [0.2, 0.25) is 0 Å². The molecule has 0 bridgehead atoms. The van der Waals surface area contributed by atoms with Crippen molar-refractivity contribution in [2.24, 2.45) is 0 Å². The first-order valence-electron chi connectivity index (χ1n) is 8.51. The molecule has 146 valence electrons. The smallest absolute Gasteiger partial charge is 0.263 e. The van der Waals surface area contributed by atoms with E-state index in [0.29, 0.717) is 23.5 Å². The van der Waals surface area contributed by atoms with Gasteiger partial charge in [-0.1, -0.05) is 6.07 Å². The minimum atomic E-state index is -3.72. The van der Waals surface area contributed by atoms with Crippen LogP contribution >= 0.6 is 11.3 Å². The monoisotopic (exact) mass is 419 g/mol. The number of benzene rings is 2. The van der Waals surface area contributed by atoms with Crippen molar-refractivity contribution in [3.63, 3.8) is 0 Å². The van der Waals surface area contributed by atoms with E-state index in [1.54, 1.807) is 23.6 Å². The van der Waals surface area contributed by atoms with Crippen molar-refractivity contribution < 1.29 is 19.0 Å². The molecule has 4 rings (SSSR count). The van der Waals surface area contributed by atoms with Gasteiger partial charge in [-0.05, 0) is 60.4 Å². The van der Waals surface area contributed by atoms with Crippen molar-refractivity contribution in [1.29, 1.82) is 0 Å². The number of nitrogens with zero attached hydrogens (tertiary/aromatic N) is 1. The molecule has 2 aromatic carbocycles. The maximum absolute atomic E-state index is 13.0. The Morgan fingerprint density at radius 1 is 1.14 bits per heavy atom. The van der Waals surface area contributed by atoms with Crippen LogP contribution in [0.2, 0.25) is 0 Å². The highest BCUT2D eigenvalue weighted by Crippen LogP contribution is 2.27. The van der Waals surface area contributed by atoms with Crippen LogP contribution in [0.25, 0.3) is 0 Å². The lowest BCUT2D eigenvalue weighted by Crippen LogP contribution is -2.35. The summed E-state index contributed by atoms with van der Waals surface area (Å²) in [5, 5.41) is 4.92. The van der Waals surface area contributed by atoms with Crippen LogP contribution in [0, 0.1) is 5.82 Å². The van der Waals surface area contributed by atoms with E-state index in [9.17, 15) is 17.6 Å². The second-order valence-corrected chi connectivity index (χ2v) is 9.04. The van der Waals surface area contributed by atoms with E-state index in [1.807, 2.05) is 0 Å². The molecule has 9 heteroatoms. The Kier molecular flexibility index (Phi) is 4.86. The number of thiazole rings is 1. The maximum Gasteiger partial charge on any atom is 0.263 e. The van der Waals surface area contributed by atoms with Crippen LogP contribution in [0.15, 0.2) is 58.9 Å². The molecule has 2 N–H and O–H groups in total. The molecule has 0 aliphatic heterocycles. The zero-order valence-corrected chi connectivity index (χ0v) is 16.2. The summed E-state index contributed by atoms with van der Waals surface area (Å²) in [6.45, 7) is 0. The fraction of sp³-hybridized carbons (Fsp3) is 0.158. The topological polar surface area (TPSA) is 88.2 Å². The van der Waals surface area contributed by atoms with Gasteiger partial charge >= 0.3 is 0 Å². The Morgan fingerprint density at radius 3 is 2.61 bits per heavy atom. The molecule has 0 radical (unpaired) electrons. The van der Waals surface area contributed by atoms with E-state index in [1.165, 1.54) is 41.8 Å². The summed E-state index contributed by atoms with van der Waals surface area (Å²) in [5.41, 5.74) is 2.26. The first-order valence-corrected chi connectivity index (χ1v) is 10.9. The fourth-order valence-corrected chi connectivity index (χ4v) is 5.02. The number of anilines is 1. The molecular formula is C19H18FN3O3S2. The number of fused-ring (bicyclic) bond motifs is 1. The molecular weight excluding hydrogens is 401 g/mol. The number of halogens is 1. The molecule has 0 saturated heterocycles. The molecule has 3 aromatic rings. The molecule has 6 nitrogen and oxygen atoms in total. The van der Waals surface area contributed by atoms with Gasteiger partial charge in [0.15, 0.2) is 5.13 Å². The lowest BCUT2D eigenvalue weighted by Gasteiger charge is -2.12. The van der Waals surface area contributed by atoms with Gasteiger partial charge in [0, 0.05) is 24.6 Å². The molecule has 1 unspecified atom stereocenters. The van der Waals surface area contributed by atoms with Crippen molar-refractivity contribution in [2.75, 3.05) is 4.72 Å². The van der Waals surface area contributed by atoms with Gasteiger partial charge < -0.3 is 5.32 Å². The molecule has 1 atom stereocenters. The van der Waals surface area contributed by atoms with Crippen molar-refractivity contribution in [3.8, 4) is 0 Å². The Hall–Kier alpha value is -2.78. The minimum Gasteiger partial charge on any atom is -0.349 e. The van der Waals surface area contributed by atoms with Crippen LogP contribution in [0.1, 0.15) is 22.9 Å². The first-order chi connectivity index (χ1) is 13.4. The fourth-order valence-electron chi connectivity index (χ4n) is 3.18. The predicted molar refractivity (Wildman–Crippen MR) is 107 cm³/mol. The number of hydrogen-bond donors (Lipinski definition) is 2. The van der Waals surface area contributed by atoms with Gasteiger partial charge in [0.25, 0.3) is 15.9 Å². The quantitative estimate of drug-likeness (QED) is 0.665. The highest BCUT2D eigenvalue weighted by atomic mass is 32.2. The third-order valence-corrected chi connectivity index (χ3v) is 6.67. The van der Waals surface area contributed by atoms with Crippen molar-refractivity contribution in [2.45, 2.75) is 23.8 Å². The average Bonchev–Trinajstić information content (AvgIpc) is 3.30. The van der Waals surface area contributed by atoms with Gasteiger partial charge in [-0.2, -0.15) is 0 Å². The van der Waals surface area contributed by atoms with Crippen LogP contribution < -0.4 is 10.0 Å². The predicted octanol–water partition coefficient (Wildman–Crippen LogP) is 3.23. The molecule has 1 aromatic heterocycles. The molecule has 1 heterocycles. The zero-order chi connectivity index (χ0) is 19.7. The van der Waals surface area contributed by atoms with Gasteiger partial charge in [-0.15, -0.1) is 11.3 Å². The maximum atomic E-state index is 13.0. The summed E-state index contributed by atoms with van der Waals surface area (Å²) in [6.07, 6.45) is 2.67. The molecule has 0 saturated carbocycles. The lowest BCUT2D eigenvalue weighted by molar-refractivity contribution is 0.0938. The van der Waals surface area contributed by atoms with E-state index in [-0.39, 0.29) is 18.3 Å². The standard InChI is InChI=1S/C19H16FN3O3S2.H2/c20-15-4-1-12(2-5-15)18(24)22-16-9-13-3-6-17(11-14(13)10-16)28(25,26)23-19-21-7-8-27-19;/h1-8,11,16H,9-10H2,(H,21,23)(H,22,24);1H. The van der Waals surface area contributed by atoms with Gasteiger partial charge in [0.05, 0.1) is 4.90 Å². The van der Waals surface area contributed by atoms with Crippen LogP contribution in [-0.2, 0) is 22.9 Å². The number of sulfonamides is 1. The summed E-state index contributed by atoms with van der Waals surface area (Å²) < 4.78 is 40.5. The van der Waals surface area contributed by atoms with Crippen molar-refractivity contribution in [3.05, 3.63) is 76.5 Å². The van der Waals surface area contributed by atoms with Crippen LogP contribution in [-0.4, -0.2) is 25.4 Å². The Bertz CT molecular complexity index is 1120. The lowest BCUT2D eigenvalue weighted by atomic mass is 10.1. The number of rotatable bonds is 5.